The molecule has 0 spiro atoms. The zero-order chi connectivity index (χ0) is 14.8. The highest BCUT2D eigenvalue weighted by Crippen LogP contribution is 2.40. The molecule has 0 atom stereocenters. The molecule has 0 bridgehead atoms. The number of nitrogens with two attached hydrogens (primary N) is 1. The monoisotopic (exact) mass is 300 g/mol. The van der Waals surface area contributed by atoms with E-state index in [1.165, 1.54) is 30.4 Å². The van der Waals surface area contributed by atoms with Gasteiger partial charge in [0.15, 0.2) is 5.03 Å². The molecule has 3 N–H and O–H groups in total. The molecule has 1 aliphatic carbocycles. The first kappa shape index (κ1) is 15.5. The summed E-state index contributed by atoms with van der Waals surface area (Å²) in [5.41, 5.74) is 1.02. The lowest BCUT2D eigenvalue weighted by atomic mass is 9.83. The molecule has 2 rings (SSSR count). The van der Waals surface area contributed by atoms with Crippen LogP contribution < -0.4 is 10.5 Å². The molecule has 0 amide bonds. The predicted octanol–water partition coefficient (Wildman–Crippen LogP) is 1.13. The molecule has 1 fully saturated rings. The Morgan fingerprint density at radius 2 is 2.10 bits per heavy atom. The predicted molar refractivity (Wildman–Crippen MR) is 77.5 cm³/mol. The molecule has 1 aromatic rings. The molecule has 1 saturated carbocycles. The second-order valence-electron chi connectivity index (χ2n) is 5.81. The summed E-state index contributed by atoms with van der Waals surface area (Å²) in [4.78, 5) is 0. The number of sulfonamides is 1. The van der Waals surface area contributed by atoms with Crippen LogP contribution in [0, 0.1) is 5.41 Å². The normalized spacial score (nSPS) is 18.6. The molecule has 0 unspecified atom stereocenters. The second-order valence-corrected chi connectivity index (χ2v) is 7.28. The largest absolute Gasteiger partial charge is 0.312 e. The summed E-state index contributed by atoms with van der Waals surface area (Å²) < 4.78 is 24.4. The van der Waals surface area contributed by atoms with Gasteiger partial charge in [0.1, 0.15) is 0 Å². The molecule has 0 saturated heterocycles. The van der Waals surface area contributed by atoms with Crippen LogP contribution in [0.2, 0.25) is 0 Å². The Kier molecular flexibility index (Phi) is 4.51. The zero-order valence-corrected chi connectivity index (χ0v) is 13.0. The highest BCUT2D eigenvalue weighted by molar-refractivity contribution is 7.89. The third kappa shape index (κ3) is 3.21. The number of nitrogens with one attached hydrogen (secondary N) is 1. The van der Waals surface area contributed by atoms with E-state index in [1.54, 1.807) is 13.2 Å². The van der Waals surface area contributed by atoms with Crippen LogP contribution in [0.3, 0.4) is 0 Å². The molecule has 1 aromatic heterocycles. The van der Waals surface area contributed by atoms with E-state index >= 15 is 0 Å². The number of aryl methyl sites for hydroxylation is 1. The third-order valence-corrected chi connectivity index (χ3v) is 5.52. The Bertz CT molecular complexity index is 559. The minimum Gasteiger partial charge on any atom is -0.312 e. The molecule has 1 aliphatic rings. The molecular formula is C13H24N4O2S. The van der Waals surface area contributed by atoms with E-state index in [1.807, 2.05) is 0 Å². The van der Waals surface area contributed by atoms with E-state index in [0.717, 1.165) is 13.0 Å². The lowest BCUT2D eigenvalue weighted by Crippen LogP contribution is -2.31. The average molecular weight is 300 g/mol. The first-order chi connectivity index (χ1) is 9.38. The van der Waals surface area contributed by atoms with Crippen molar-refractivity contribution in [3.05, 3.63) is 11.8 Å². The van der Waals surface area contributed by atoms with Crippen molar-refractivity contribution in [2.24, 2.45) is 17.6 Å². The zero-order valence-electron chi connectivity index (χ0n) is 12.2. The molecular weight excluding hydrogens is 276 g/mol. The van der Waals surface area contributed by atoms with Gasteiger partial charge in [0.2, 0.25) is 0 Å². The van der Waals surface area contributed by atoms with Crippen molar-refractivity contribution in [1.29, 1.82) is 0 Å². The maximum absolute atomic E-state index is 11.6. The molecule has 20 heavy (non-hydrogen) atoms. The first-order valence-corrected chi connectivity index (χ1v) is 8.67. The Labute approximate surface area is 120 Å². The van der Waals surface area contributed by atoms with E-state index < -0.39 is 10.0 Å². The van der Waals surface area contributed by atoms with Crippen LogP contribution in [0.4, 0.5) is 0 Å². The third-order valence-electron chi connectivity index (χ3n) is 4.45. The van der Waals surface area contributed by atoms with Gasteiger partial charge < -0.3 is 5.32 Å². The van der Waals surface area contributed by atoms with E-state index in [4.69, 9.17) is 5.14 Å². The van der Waals surface area contributed by atoms with E-state index in [2.05, 4.69) is 17.3 Å². The molecule has 6 nitrogen and oxygen atoms in total. The fourth-order valence-corrected chi connectivity index (χ4v) is 4.11. The maximum atomic E-state index is 11.6. The van der Waals surface area contributed by atoms with Gasteiger partial charge in [-0.2, -0.15) is 5.10 Å². The fraction of sp³-hybridized carbons (Fsp3) is 0.769. The Morgan fingerprint density at radius 1 is 1.45 bits per heavy atom. The van der Waals surface area contributed by atoms with Crippen LogP contribution in [0.15, 0.2) is 11.2 Å². The topological polar surface area (TPSA) is 90.0 Å². The SMILES string of the molecule is CCC1(CNCc2cnn(C)c2S(N)(=O)=O)CCCC1. The summed E-state index contributed by atoms with van der Waals surface area (Å²) in [6, 6.07) is 0. The van der Waals surface area contributed by atoms with E-state index in [9.17, 15) is 8.42 Å². The van der Waals surface area contributed by atoms with Gasteiger partial charge in [-0.1, -0.05) is 19.8 Å². The number of hydrogen-bond donors (Lipinski definition) is 2. The van der Waals surface area contributed by atoms with Crippen molar-refractivity contribution in [1.82, 2.24) is 15.1 Å². The van der Waals surface area contributed by atoms with Crippen molar-refractivity contribution in [2.45, 2.75) is 50.6 Å². The van der Waals surface area contributed by atoms with Gasteiger partial charge >= 0.3 is 0 Å². The van der Waals surface area contributed by atoms with Gasteiger partial charge in [0, 0.05) is 25.7 Å². The number of primary sulfonamides is 1. The van der Waals surface area contributed by atoms with E-state index in [-0.39, 0.29) is 5.03 Å². The molecule has 114 valence electrons. The van der Waals surface area contributed by atoms with Gasteiger partial charge in [-0.25, -0.2) is 13.6 Å². The lowest BCUT2D eigenvalue weighted by Gasteiger charge is -2.27. The van der Waals surface area contributed by atoms with Gasteiger partial charge in [-0.15, -0.1) is 0 Å². The van der Waals surface area contributed by atoms with Crippen molar-refractivity contribution >= 4 is 10.0 Å². The number of hydrogen-bond acceptors (Lipinski definition) is 4. The first-order valence-electron chi connectivity index (χ1n) is 7.12. The summed E-state index contributed by atoms with van der Waals surface area (Å²) in [7, 11) is -2.14. The van der Waals surface area contributed by atoms with Crippen LogP contribution in [0.5, 0.6) is 0 Å². The molecule has 0 aromatic carbocycles. The Hall–Kier alpha value is -0.920. The standard InChI is InChI=1S/C13H24N4O2S/c1-3-13(6-4-5-7-13)10-15-8-11-9-16-17(2)12(11)20(14,18)19/h9,15H,3-8,10H2,1-2H3,(H2,14,18,19). The number of aromatic nitrogens is 2. The van der Waals surface area contributed by atoms with Crippen molar-refractivity contribution in [2.75, 3.05) is 6.54 Å². The van der Waals surface area contributed by atoms with Gasteiger partial charge in [-0.05, 0) is 24.7 Å². The van der Waals surface area contributed by atoms with Gasteiger partial charge in [0.25, 0.3) is 10.0 Å². The van der Waals surface area contributed by atoms with Crippen molar-refractivity contribution < 1.29 is 8.42 Å². The van der Waals surface area contributed by atoms with Crippen LogP contribution in [-0.4, -0.2) is 24.7 Å². The summed E-state index contributed by atoms with van der Waals surface area (Å²) in [5.74, 6) is 0. The Balaban J connectivity index is 2.02. The minimum atomic E-state index is -3.73. The molecule has 0 aliphatic heterocycles. The highest BCUT2D eigenvalue weighted by atomic mass is 32.2. The van der Waals surface area contributed by atoms with Crippen molar-refractivity contribution in [3.8, 4) is 0 Å². The van der Waals surface area contributed by atoms with Crippen molar-refractivity contribution in [3.63, 3.8) is 0 Å². The molecule has 7 heteroatoms. The fourth-order valence-electron chi connectivity index (χ4n) is 3.20. The smallest absolute Gasteiger partial charge is 0.255 e. The summed E-state index contributed by atoms with van der Waals surface area (Å²) in [5, 5.41) is 12.7. The van der Waals surface area contributed by atoms with Crippen LogP contribution >= 0.6 is 0 Å². The second kappa shape index (κ2) is 5.83. The maximum Gasteiger partial charge on any atom is 0.255 e. The molecule has 0 radical (unpaired) electrons. The summed E-state index contributed by atoms with van der Waals surface area (Å²) in [6.45, 7) is 3.64. The lowest BCUT2D eigenvalue weighted by molar-refractivity contribution is 0.268. The quantitative estimate of drug-likeness (QED) is 0.824. The van der Waals surface area contributed by atoms with Gasteiger partial charge in [-0.3, -0.25) is 4.68 Å². The van der Waals surface area contributed by atoms with Gasteiger partial charge in [0.05, 0.1) is 6.20 Å². The molecule has 1 heterocycles. The average Bonchev–Trinajstić information content (AvgIpc) is 2.96. The summed E-state index contributed by atoms with van der Waals surface area (Å²) >= 11 is 0. The Morgan fingerprint density at radius 3 is 2.65 bits per heavy atom. The van der Waals surface area contributed by atoms with Crippen LogP contribution in [0.25, 0.3) is 0 Å². The van der Waals surface area contributed by atoms with Crippen LogP contribution in [0.1, 0.15) is 44.6 Å². The highest BCUT2D eigenvalue weighted by Gasteiger charge is 2.31. The number of rotatable bonds is 6. The van der Waals surface area contributed by atoms with E-state index in [0.29, 0.717) is 17.5 Å². The van der Waals surface area contributed by atoms with Crippen LogP contribution in [-0.2, 0) is 23.6 Å². The summed E-state index contributed by atoms with van der Waals surface area (Å²) in [6.07, 6.45) is 7.84. The number of nitrogens with zero attached hydrogens (tertiary/aromatic N) is 2. The minimum absolute atomic E-state index is 0.0990.